The third kappa shape index (κ3) is 8.45. The van der Waals surface area contributed by atoms with E-state index in [0.717, 1.165) is 27.5 Å². The largest absolute Gasteiger partial charge is 0.480 e. The Morgan fingerprint density at radius 1 is 0.625 bits per heavy atom. The van der Waals surface area contributed by atoms with Gasteiger partial charge in [0.25, 0.3) is 0 Å². The van der Waals surface area contributed by atoms with Crippen molar-refractivity contribution in [3.8, 4) is 0 Å². The number of aliphatic carboxylic acids is 1. The minimum Gasteiger partial charge on any atom is -0.480 e. The van der Waals surface area contributed by atoms with E-state index in [1.54, 1.807) is 0 Å². The molecule has 0 fully saturated rings. The van der Waals surface area contributed by atoms with Gasteiger partial charge in [-0.05, 0) is 59.6 Å². The fourth-order valence-corrected chi connectivity index (χ4v) is 4.94. The molecule has 0 aromatic heterocycles. The van der Waals surface area contributed by atoms with Crippen molar-refractivity contribution < 1.29 is 19.5 Å². The number of carboxylic acid groups (broad SMARTS) is 1. The molecule has 2 amide bonds. The summed E-state index contributed by atoms with van der Waals surface area (Å²) in [6.45, 7) is 0. The van der Waals surface area contributed by atoms with E-state index in [4.69, 9.17) is 0 Å². The fourth-order valence-electron chi connectivity index (χ4n) is 4.66. The lowest BCUT2D eigenvalue weighted by molar-refractivity contribution is -0.142. The second-order valence-electron chi connectivity index (χ2n) is 9.91. The first kappa shape index (κ1) is 28.9. The van der Waals surface area contributed by atoms with Crippen molar-refractivity contribution >= 4 is 41.2 Å². The number of rotatable bonds is 13. The Hall–Kier alpha value is -4.10. The Bertz CT molecular complexity index is 1430. The van der Waals surface area contributed by atoms with Gasteiger partial charge in [-0.1, -0.05) is 103 Å². The van der Waals surface area contributed by atoms with Crippen LogP contribution in [0.4, 0.5) is 0 Å². The van der Waals surface area contributed by atoms with E-state index in [0.29, 0.717) is 25.7 Å². The SMILES string of the molecule is O=C(N[C@H](CCc1ccc2ccccc2c1)C(=O)N[C@@H](CCc1ccccc1)C(=O)O)C(S)Cc1ccccc1. The van der Waals surface area contributed by atoms with Crippen LogP contribution in [-0.4, -0.2) is 40.2 Å². The van der Waals surface area contributed by atoms with Gasteiger partial charge in [-0.2, -0.15) is 12.6 Å². The van der Waals surface area contributed by atoms with E-state index in [1.165, 1.54) is 0 Å². The molecule has 7 heteroatoms. The summed E-state index contributed by atoms with van der Waals surface area (Å²) in [5.41, 5.74) is 2.97. The van der Waals surface area contributed by atoms with E-state index >= 15 is 0 Å². The molecule has 0 spiro atoms. The highest BCUT2D eigenvalue weighted by Gasteiger charge is 2.28. The standard InChI is InChI=1S/C33H34N2O4S/c36-31(35-29(33(38)39)20-16-23-9-3-1-4-10-23)28(34-32(37)30(40)22-24-11-5-2-6-12-24)19-17-25-15-18-26-13-7-8-14-27(26)21-25/h1-15,18,21,28-30,40H,16-17,19-20,22H2,(H,34,37)(H,35,36)(H,38,39)/t28-,29+,30?/m1/s1. The number of hydrogen-bond donors (Lipinski definition) is 4. The molecule has 3 N–H and O–H groups in total. The van der Waals surface area contributed by atoms with E-state index < -0.39 is 29.2 Å². The summed E-state index contributed by atoms with van der Waals surface area (Å²) in [5, 5.41) is 16.9. The minimum atomic E-state index is -1.11. The van der Waals surface area contributed by atoms with Crippen molar-refractivity contribution in [2.24, 2.45) is 0 Å². The first-order valence-electron chi connectivity index (χ1n) is 13.5. The van der Waals surface area contributed by atoms with Gasteiger partial charge in [0.05, 0.1) is 5.25 Å². The predicted octanol–water partition coefficient (Wildman–Crippen LogP) is 5.00. The molecule has 4 aromatic rings. The van der Waals surface area contributed by atoms with Gasteiger partial charge in [0.2, 0.25) is 11.8 Å². The predicted molar refractivity (Wildman–Crippen MR) is 161 cm³/mol. The van der Waals surface area contributed by atoms with Crippen LogP contribution in [0.1, 0.15) is 29.5 Å². The number of thiol groups is 1. The van der Waals surface area contributed by atoms with Crippen LogP contribution in [0, 0.1) is 0 Å². The molecule has 0 aliphatic heterocycles. The summed E-state index contributed by atoms with van der Waals surface area (Å²) in [4.78, 5) is 38.5. The van der Waals surface area contributed by atoms with Crippen molar-refractivity contribution in [1.82, 2.24) is 10.6 Å². The van der Waals surface area contributed by atoms with Crippen molar-refractivity contribution in [2.45, 2.75) is 49.4 Å². The normalized spacial score (nSPS) is 13.2. The van der Waals surface area contributed by atoms with E-state index in [2.05, 4.69) is 29.3 Å². The molecule has 0 saturated carbocycles. The van der Waals surface area contributed by atoms with Crippen molar-refractivity contribution in [2.75, 3.05) is 0 Å². The van der Waals surface area contributed by atoms with Gasteiger partial charge >= 0.3 is 5.97 Å². The van der Waals surface area contributed by atoms with Crippen molar-refractivity contribution in [1.29, 1.82) is 0 Å². The van der Waals surface area contributed by atoms with Crippen LogP contribution >= 0.6 is 12.6 Å². The van der Waals surface area contributed by atoms with Gasteiger partial charge in [0, 0.05) is 0 Å². The van der Waals surface area contributed by atoms with Gasteiger partial charge in [-0.15, -0.1) is 0 Å². The monoisotopic (exact) mass is 554 g/mol. The average molecular weight is 555 g/mol. The summed E-state index contributed by atoms with van der Waals surface area (Å²) in [5.74, 6) is -2.00. The van der Waals surface area contributed by atoms with Gasteiger partial charge in [0.15, 0.2) is 0 Å². The zero-order valence-electron chi connectivity index (χ0n) is 22.2. The molecule has 3 atom stereocenters. The third-order valence-electron chi connectivity index (χ3n) is 6.92. The number of carbonyl (C=O) groups excluding carboxylic acids is 2. The van der Waals surface area contributed by atoms with Gasteiger partial charge in [-0.25, -0.2) is 4.79 Å². The van der Waals surface area contributed by atoms with Crippen LogP contribution in [0.25, 0.3) is 10.8 Å². The van der Waals surface area contributed by atoms with Crippen molar-refractivity contribution in [3.05, 3.63) is 120 Å². The summed E-state index contributed by atoms with van der Waals surface area (Å²) in [7, 11) is 0. The first-order chi connectivity index (χ1) is 19.4. The second kappa shape index (κ2) is 14.3. The first-order valence-corrected chi connectivity index (χ1v) is 14.0. The van der Waals surface area contributed by atoms with Crippen LogP contribution in [0.5, 0.6) is 0 Å². The Labute approximate surface area is 240 Å². The quantitative estimate of drug-likeness (QED) is 0.175. The van der Waals surface area contributed by atoms with Crippen LogP contribution in [0.2, 0.25) is 0 Å². The third-order valence-corrected chi connectivity index (χ3v) is 7.34. The van der Waals surface area contributed by atoms with E-state index in [1.807, 2.05) is 97.1 Å². The number of hydrogen-bond acceptors (Lipinski definition) is 4. The zero-order chi connectivity index (χ0) is 28.3. The highest BCUT2D eigenvalue weighted by atomic mass is 32.1. The number of fused-ring (bicyclic) bond motifs is 1. The van der Waals surface area contributed by atoms with Gasteiger partial charge in [0.1, 0.15) is 12.1 Å². The molecular weight excluding hydrogens is 520 g/mol. The Morgan fingerprint density at radius 2 is 1.18 bits per heavy atom. The molecule has 0 heterocycles. The number of amides is 2. The Morgan fingerprint density at radius 3 is 1.85 bits per heavy atom. The topological polar surface area (TPSA) is 95.5 Å². The average Bonchev–Trinajstić information content (AvgIpc) is 2.97. The molecule has 0 aliphatic carbocycles. The summed E-state index contributed by atoms with van der Waals surface area (Å²) >= 11 is 4.50. The van der Waals surface area contributed by atoms with Crippen LogP contribution in [-0.2, 0) is 33.6 Å². The summed E-state index contributed by atoms with van der Waals surface area (Å²) in [6, 6.07) is 31.2. The van der Waals surface area contributed by atoms with Crippen LogP contribution < -0.4 is 10.6 Å². The van der Waals surface area contributed by atoms with Crippen molar-refractivity contribution in [3.63, 3.8) is 0 Å². The molecule has 4 aromatic carbocycles. The Balaban J connectivity index is 1.45. The molecule has 4 rings (SSSR count). The Kier molecular flexibility index (Phi) is 10.4. The molecule has 1 unspecified atom stereocenters. The van der Waals surface area contributed by atoms with E-state index in [-0.39, 0.29) is 12.3 Å². The minimum absolute atomic E-state index is 0.236. The molecule has 0 saturated heterocycles. The van der Waals surface area contributed by atoms with Crippen LogP contribution in [0.15, 0.2) is 103 Å². The smallest absolute Gasteiger partial charge is 0.326 e. The molecule has 0 bridgehead atoms. The second-order valence-corrected chi connectivity index (χ2v) is 10.5. The number of carboxylic acids is 1. The zero-order valence-corrected chi connectivity index (χ0v) is 23.1. The molecule has 6 nitrogen and oxygen atoms in total. The molecule has 0 radical (unpaired) electrons. The van der Waals surface area contributed by atoms with E-state index in [9.17, 15) is 19.5 Å². The highest BCUT2D eigenvalue weighted by molar-refractivity contribution is 7.81. The summed E-state index contributed by atoms with van der Waals surface area (Å²) in [6.07, 6.45) is 1.99. The number of carbonyl (C=O) groups is 3. The maximum absolute atomic E-state index is 13.4. The molecule has 40 heavy (non-hydrogen) atoms. The van der Waals surface area contributed by atoms with Crippen LogP contribution in [0.3, 0.4) is 0 Å². The lowest BCUT2D eigenvalue weighted by Crippen LogP contribution is -2.53. The van der Waals surface area contributed by atoms with Gasteiger partial charge < -0.3 is 15.7 Å². The maximum atomic E-state index is 13.4. The maximum Gasteiger partial charge on any atom is 0.326 e. The number of aryl methyl sites for hydroxylation is 2. The molecule has 206 valence electrons. The lowest BCUT2D eigenvalue weighted by Gasteiger charge is -2.23. The summed E-state index contributed by atoms with van der Waals surface area (Å²) < 4.78 is 0. The lowest BCUT2D eigenvalue weighted by atomic mass is 10.00. The fraction of sp³-hybridized carbons (Fsp3) is 0.242. The molecular formula is C33H34N2O4S. The molecule has 0 aliphatic rings. The highest BCUT2D eigenvalue weighted by Crippen LogP contribution is 2.18. The number of nitrogens with one attached hydrogen (secondary N) is 2. The number of benzene rings is 4. The van der Waals surface area contributed by atoms with Gasteiger partial charge in [-0.3, -0.25) is 9.59 Å².